The number of benzene rings is 1. The standard InChI is InChI=1S/C21H32N2O/c1-16-9-7-10-17(2)20(16)21(24)22-18-11-8-14-23(15-18)19-12-5-3-4-6-13-19/h7,9-10,18-19H,3-6,8,11-15H2,1-2H3,(H,22,24)/t18-/m0/s1. The summed E-state index contributed by atoms with van der Waals surface area (Å²) in [6.45, 7) is 6.29. The molecule has 1 saturated carbocycles. The van der Waals surface area contributed by atoms with E-state index < -0.39 is 0 Å². The van der Waals surface area contributed by atoms with Crippen LogP contribution in [-0.4, -0.2) is 36.0 Å². The molecule has 132 valence electrons. The molecule has 1 atom stereocenters. The molecule has 0 radical (unpaired) electrons. The second kappa shape index (κ2) is 8.15. The van der Waals surface area contributed by atoms with Gasteiger partial charge in [-0.15, -0.1) is 0 Å². The van der Waals surface area contributed by atoms with Crippen molar-refractivity contribution in [2.75, 3.05) is 13.1 Å². The highest BCUT2D eigenvalue weighted by molar-refractivity contribution is 5.97. The second-order valence-electron chi connectivity index (χ2n) is 7.72. The van der Waals surface area contributed by atoms with Gasteiger partial charge in [-0.2, -0.15) is 0 Å². The summed E-state index contributed by atoms with van der Waals surface area (Å²) < 4.78 is 0. The first-order chi connectivity index (χ1) is 11.6. The van der Waals surface area contributed by atoms with Crippen LogP contribution in [-0.2, 0) is 0 Å². The van der Waals surface area contributed by atoms with Crippen molar-refractivity contribution < 1.29 is 4.79 Å². The van der Waals surface area contributed by atoms with Crippen molar-refractivity contribution in [2.45, 2.75) is 77.3 Å². The molecule has 0 spiro atoms. The topological polar surface area (TPSA) is 32.3 Å². The van der Waals surface area contributed by atoms with Crippen molar-refractivity contribution >= 4 is 5.91 Å². The van der Waals surface area contributed by atoms with Gasteiger partial charge in [0.2, 0.25) is 0 Å². The quantitative estimate of drug-likeness (QED) is 0.843. The summed E-state index contributed by atoms with van der Waals surface area (Å²) >= 11 is 0. The van der Waals surface area contributed by atoms with E-state index in [-0.39, 0.29) is 5.91 Å². The fourth-order valence-electron chi connectivity index (χ4n) is 4.51. The van der Waals surface area contributed by atoms with E-state index in [1.165, 1.54) is 51.5 Å². The maximum atomic E-state index is 12.8. The van der Waals surface area contributed by atoms with Crippen LogP contribution in [0.4, 0.5) is 0 Å². The van der Waals surface area contributed by atoms with Crippen molar-refractivity contribution in [3.8, 4) is 0 Å². The van der Waals surface area contributed by atoms with Gasteiger partial charge in [-0.25, -0.2) is 0 Å². The van der Waals surface area contributed by atoms with Gasteiger partial charge in [0, 0.05) is 24.2 Å². The summed E-state index contributed by atoms with van der Waals surface area (Å²) in [7, 11) is 0. The number of nitrogens with zero attached hydrogens (tertiary/aromatic N) is 1. The summed E-state index contributed by atoms with van der Waals surface area (Å²) in [6, 6.07) is 7.12. The number of hydrogen-bond donors (Lipinski definition) is 1. The van der Waals surface area contributed by atoms with Crippen molar-refractivity contribution in [3.63, 3.8) is 0 Å². The molecule has 0 aromatic heterocycles. The Hall–Kier alpha value is -1.35. The number of amides is 1. The van der Waals surface area contributed by atoms with Crippen molar-refractivity contribution in [3.05, 3.63) is 34.9 Å². The van der Waals surface area contributed by atoms with Crippen LogP contribution in [0.1, 0.15) is 72.9 Å². The summed E-state index contributed by atoms with van der Waals surface area (Å²) in [5.41, 5.74) is 3.01. The molecule has 2 aliphatic rings. The van der Waals surface area contributed by atoms with Crippen LogP contribution in [0.5, 0.6) is 0 Å². The minimum Gasteiger partial charge on any atom is -0.348 e. The maximum Gasteiger partial charge on any atom is 0.252 e. The van der Waals surface area contributed by atoms with Crippen LogP contribution in [0.3, 0.4) is 0 Å². The molecule has 1 heterocycles. The lowest BCUT2D eigenvalue weighted by Gasteiger charge is -2.38. The molecule has 3 rings (SSSR count). The first kappa shape index (κ1) is 17.5. The Morgan fingerprint density at radius 3 is 2.33 bits per heavy atom. The molecule has 0 unspecified atom stereocenters. The monoisotopic (exact) mass is 328 g/mol. The van der Waals surface area contributed by atoms with E-state index in [9.17, 15) is 4.79 Å². The number of carbonyl (C=O) groups excluding carboxylic acids is 1. The van der Waals surface area contributed by atoms with Gasteiger partial charge >= 0.3 is 0 Å². The lowest BCUT2D eigenvalue weighted by molar-refractivity contribution is 0.0859. The number of piperidine rings is 1. The molecule has 24 heavy (non-hydrogen) atoms. The smallest absolute Gasteiger partial charge is 0.252 e. The summed E-state index contributed by atoms with van der Waals surface area (Å²) in [5, 5.41) is 3.32. The third kappa shape index (κ3) is 4.18. The molecule has 1 saturated heterocycles. The molecule has 3 nitrogen and oxygen atoms in total. The molecule has 3 heteroatoms. The molecule has 1 amide bonds. The lowest BCUT2D eigenvalue weighted by atomic mass is 9.98. The lowest BCUT2D eigenvalue weighted by Crippen LogP contribution is -2.51. The molecule has 2 fully saturated rings. The molecular weight excluding hydrogens is 296 g/mol. The normalized spacial score (nSPS) is 23.7. The number of likely N-dealkylation sites (tertiary alicyclic amines) is 1. The molecule has 1 aliphatic carbocycles. The van der Waals surface area contributed by atoms with E-state index in [1.54, 1.807) is 0 Å². The maximum absolute atomic E-state index is 12.8. The predicted molar refractivity (Wildman–Crippen MR) is 99.5 cm³/mol. The fraction of sp³-hybridized carbons (Fsp3) is 0.667. The zero-order valence-corrected chi connectivity index (χ0v) is 15.3. The summed E-state index contributed by atoms with van der Waals surface area (Å²) in [6.07, 6.45) is 10.6. The third-order valence-electron chi connectivity index (χ3n) is 5.84. The zero-order chi connectivity index (χ0) is 16.9. The van der Waals surface area contributed by atoms with Crippen molar-refractivity contribution in [2.24, 2.45) is 0 Å². The largest absolute Gasteiger partial charge is 0.348 e. The van der Waals surface area contributed by atoms with Gasteiger partial charge in [0.1, 0.15) is 0 Å². The highest BCUT2D eigenvalue weighted by Gasteiger charge is 2.27. The Bertz CT molecular complexity index is 541. The summed E-state index contributed by atoms with van der Waals surface area (Å²) in [4.78, 5) is 15.4. The van der Waals surface area contributed by atoms with Crippen molar-refractivity contribution in [1.29, 1.82) is 0 Å². The molecular formula is C21H32N2O. The molecule has 0 bridgehead atoms. The van der Waals surface area contributed by atoms with E-state index >= 15 is 0 Å². The predicted octanol–water partition coefficient (Wildman–Crippen LogP) is 4.22. The average molecular weight is 329 g/mol. The number of nitrogens with one attached hydrogen (secondary N) is 1. The molecule has 1 aromatic carbocycles. The highest BCUT2D eigenvalue weighted by atomic mass is 16.1. The van der Waals surface area contributed by atoms with Crippen LogP contribution < -0.4 is 5.32 Å². The van der Waals surface area contributed by atoms with E-state index in [2.05, 4.69) is 10.2 Å². The third-order valence-corrected chi connectivity index (χ3v) is 5.84. The Morgan fingerprint density at radius 2 is 1.67 bits per heavy atom. The van der Waals surface area contributed by atoms with Gasteiger partial charge in [-0.3, -0.25) is 9.69 Å². The van der Waals surface area contributed by atoms with Crippen LogP contribution in [0, 0.1) is 13.8 Å². The minimum absolute atomic E-state index is 0.110. The van der Waals surface area contributed by atoms with Crippen molar-refractivity contribution in [1.82, 2.24) is 10.2 Å². The molecule has 1 N–H and O–H groups in total. The van der Waals surface area contributed by atoms with Gasteiger partial charge in [0.25, 0.3) is 5.91 Å². The molecule has 1 aliphatic heterocycles. The first-order valence-electron chi connectivity index (χ1n) is 9.76. The Kier molecular flexibility index (Phi) is 5.94. The van der Waals surface area contributed by atoms with Crippen LogP contribution in [0.15, 0.2) is 18.2 Å². The van der Waals surface area contributed by atoms with E-state index in [0.717, 1.165) is 35.7 Å². The van der Waals surface area contributed by atoms with E-state index in [1.807, 2.05) is 32.0 Å². The van der Waals surface area contributed by atoms with Gasteiger partial charge in [-0.05, 0) is 57.2 Å². The number of carbonyl (C=O) groups is 1. The van der Waals surface area contributed by atoms with Gasteiger partial charge in [0.15, 0.2) is 0 Å². The first-order valence-corrected chi connectivity index (χ1v) is 9.76. The minimum atomic E-state index is 0.110. The van der Waals surface area contributed by atoms with Gasteiger partial charge < -0.3 is 5.32 Å². The van der Waals surface area contributed by atoms with Crippen LogP contribution >= 0.6 is 0 Å². The Balaban J connectivity index is 1.61. The van der Waals surface area contributed by atoms with Gasteiger partial charge in [-0.1, -0.05) is 43.9 Å². The zero-order valence-electron chi connectivity index (χ0n) is 15.3. The fourth-order valence-corrected chi connectivity index (χ4v) is 4.51. The number of aryl methyl sites for hydroxylation is 2. The second-order valence-corrected chi connectivity index (χ2v) is 7.72. The van der Waals surface area contributed by atoms with Gasteiger partial charge in [0.05, 0.1) is 0 Å². The highest BCUT2D eigenvalue weighted by Crippen LogP contribution is 2.25. The van der Waals surface area contributed by atoms with E-state index in [4.69, 9.17) is 0 Å². The average Bonchev–Trinajstić information content (AvgIpc) is 2.84. The SMILES string of the molecule is Cc1cccc(C)c1C(=O)N[C@H]1CCCN(C2CCCCCC2)C1. The summed E-state index contributed by atoms with van der Waals surface area (Å²) in [5.74, 6) is 0.110. The molecule has 1 aromatic rings. The Labute approximate surface area is 146 Å². The van der Waals surface area contributed by atoms with Crippen LogP contribution in [0.2, 0.25) is 0 Å². The Morgan fingerprint density at radius 1 is 1.00 bits per heavy atom. The van der Waals surface area contributed by atoms with Crippen LogP contribution in [0.25, 0.3) is 0 Å². The number of rotatable bonds is 3. The number of hydrogen-bond acceptors (Lipinski definition) is 2. The van der Waals surface area contributed by atoms with E-state index in [0.29, 0.717) is 6.04 Å².